The second kappa shape index (κ2) is 10.00. The number of amides is 1. The van der Waals surface area contributed by atoms with Crippen molar-refractivity contribution >= 4 is 41.8 Å². The van der Waals surface area contributed by atoms with E-state index in [1.165, 1.54) is 5.52 Å². The standard InChI is InChI=1S/C18H26N4O.2ClH/c1-13(2)22-16-8-4-3-7-15(16)21-17(22)9-11-20-18(23)14-6-5-10-19-12-14;;/h3-4,7-8,13-14,19H,5-6,9-12H2,1-2H3,(H,20,23);2*1H. The van der Waals surface area contributed by atoms with Crippen molar-refractivity contribution in [2.45, 2.75) is 39.2 Å². The maximum absolute atomic E-state index is 12.2. The number of imidazole rings is 1. The molecule has 2 N–H and O–H groups in total. The van der Waals surface area contributed by atoms with E-state index in [4.69, 9.17) is 4.98 Å². The number of halogens is 2. The third-order valence-corrected chi connectivity index (χ3v) is 4.50. The van der Waals surface area contributed by atoms with Gasteiger partial charge in [0.15, 0.2) is 0 Å². The lowest BCUT2D eigenvalue weighted by atomic mass is 9.99. The summed E-state index contributed by atoms with van der Waals surface area (Å²) >= 11 is 0. The van der Waals surface area contributed by atoms with Crippen LogP contribution in [0.3, 0.4) is 0 Å². The predicted molar refractivity (Wildman–Crippen MR) is 107 cm³/mol. The van der Waals surface area contributed by atoms with Crippen LogP contribution in [0.4, 0.5) is 0 Å². The number of carbonyl (C=O) groups excluding carboxylic acids is 1. The first-order valence-electron chi connectivity index (χ1n) is 8.61. The minimum atomic E-state index is 0. The minimum Gasteiger partial charge on any atom is -0.355 e. The van der Waals surface area contributed by atoms with E-state index in [1.54, 1.807) is 0 Å². The summed E-state index contributed by atoms with van der Waals surface area (Å²) in [4.78, 5) is 16.9. The molecule has 1 fully saturated rings. The van der Waals surface area contributed by atoms with Gasteiger partial charge in [0, 0.05) is 25.6 Å². The zero-order valence-corrected chi connectivity index (χ0v) is 16.5. The van der Waals surface area contributed by atoms with Gasteiger partial charge in [-0.05, 0) is 45.4 Å². The van der Waals surface area contributed by atoms with Gasteiger partial charge in [0.25, 0.3) is 0 Å². The molecule has 1 aliphatic rings. The van der Waals surface area contributed by atoms with Crippen molar-refractivity contribution in [1.29, 1.82) is 0 Å². The fourth-order valence-electron chi connectivity index (χ4n) is 3.36. The number of para-hydroxylation sites is 2. The van der Waals surface area contributed by atoms with Crippen molar-refractivity contribution < 1.29 is 4.79 Å². The highest BCUT2D eigenvalue weighted by Crippen LogP contribution is 2.21. The first-order valence-corrected chi connectivity index (χ1v) is 8.61. The molecule has 0 saturated carbocycles. The molecule has 140 valence electrons. The van der Waals surface area contributed by atoms with Crippen LogP contribution in [0.1, 0.15) is 38.6 Å². The van der Waals surface area contributed by atoms with E-state index in [0.717, 1.165) is 43.7 Å². The van der Waals surface area contributed by atoms with Crippen LogP contribution in [0.25, 0.3) is 11.0 Å². The zero-order chi connectivity index (χ0) is 16.2. The number of fused-ring (bicyclic) bond motifs is 1. The summed E-state index contributed by atoms with van der Waals surface area (Å²) in [7, 11) is 0. The molecule has 0 spiro atoms. The summed E-state index contributed by atoms with van der Waals surface area (Å²) in [6.07, 6.45) is 2.84. The topological polar surface area (TPSA) is 59.0 Å². The number of aromatic nitrogens is 2. The van der Waals surface area contributed by atoms with Crippen LogP contribution in [0.2, 0.25) is 0 Å². The average molecular weight is 387 g/mol. The largest absolute Gasteiger partial charge is 0.355 e. The van der Waals surface area contributed by atoms with Crippen molar-refractivity contribution in [3.8, 4) is 0 Å². The number of nitrogens with one attached hydrogen (secondary N) is 2. The molecule has 0 radical (unpaired) electrons. The van der Waals surface area contributed by atoms with Crippen molar-refractivity contribution in [3.05, 3.63) is 30.1 Å². The van der Waals surface area contributed by atoms with Gasteiger partial charge in [-0.3, -0.25) is 4.79 Å². The fraction of sp³-hybridized carbons (Fsp3) is 0.556. The van der Waals surface area contributed by atoms with Gasteiger partial charge in [-0.1, -0.05) is 12.1 Å². The second-order valence-corrected chi connectivity index (χ2v) is 6.56. The molecule has 3 rings (SSSR count). The third-order valence-electron chi connectivity index (χ3n) is 4.50. The Labute approximate surface area is 161 Å². The number of nitrogens with zero attached hydrogens (tertiary/aromatic N) is 2. The molecule has 1 aliphatic heterocycles. The van der Waals surface area contributed by atoms with Gasteiger partial charge in [-0.15, -0.1) is 24.8 Å². The van der Waals surface area contributed by atoms with Gasteiger partial charge in [-0.25, -0.2) is 4.98 Å². The Hall–Kier alpha value is -1.30. The average Bonchev–Trinajstić information content (AvgIpc) is 2.94. The second-order valence-electron chi connectivity index (χ2n) is 6.56. The lowest BCUT2D eigenvalue weighted by Gasteiger charge is -2.22. The molecule has 1 atom stereocenters. The number of piperidine rings is 1. The van der Waals surface area contributed by atoms with Gasteiger partial charge < -0.3 is 15.2 Å². The quantitative estimate of drug-likeness (QED) is 0.829. The number of hydrogen-bond acceptors (Lipinski definition) is 3. The molecule has 0 bridgehead atoms. The molecule has 1 unspecified atom stereocenters. The molecule has 1 amide bonds. The lowest BCUT2D eigenvalue weighted by Crippen LogP contribution is -2.41. The van der Waals surface area contributed by atoms with E-state index in [9.17, 15) is 4.79 Å². The highest BCUT2D eigenvalue weighted by atomic mass is 35.5. The number of hydrogen-bond donors (Lipinski definition) is 2. The van der Waals surface area contributed by atoms with Crippen LogP contribution in [-0.4, -0.2) is 35.1 Å². The summed E-state index contributed by atoms with van der Waals surface area (Å²) in [5, 5.41) is 6.37. The summed E-state index contributed by atoms with van der Waals surface area (Å²) in [5.41, 5.74) is 2.19. The molecular weight excluding hydrogens is 359 g/mol. The maximum Gasteiger partial charge on any atom is 0.224 e. The van der Waals surface area contributed by atoms with Gasteiger partial charge in [-0.2, -0.15) is 0 Å². The first-order chi connectivity index (χ1) is 11.2. The molecule has 1 aromatic carbocycles. The van der Waals surface area contributed by atoms with Gasteiger partial charge >= 0.3 is 0 Å². The molecule has 5 nitrogen and oxygen atoms in total. The number of benzene rings is 1. The van der Waals surface area contributed by atoms with Crippen molar-refractivity contribution in [3.63, 3.8) is 0 Å². The smallest absolute Gasteiger partial charge is 0.224 e. The molecule has 2 heterocycles. The van der Waals surface area contributed by atoms with Crippen LogP contribution in [-0.2, 0) is 11.2 Å². The van der Waals surface area contributed by atoms with Crippen LogP contribution >= 0.6 is 24.8 Å². The Balaban J connectivity index is 0.00000156. The fourth-order valence-corrected chi connectivity index (χ4v) is 3.36. The van der Waals surface area contributed by atoms with E-state index in [2.05, 4.69) is 35.1 Å². The van der Waals surface area contributed by atoms with Crippen molar-refractivity contribution in [1.82, 2.24) is 20.2 Å². The Morgan fingerprint density at radius 1 is 1.36 bits per heavy atom. The Morgan fingerprint density at radius 2 is 2.12 bits per heavy atom. The van der Waals surface area contributed by atoms with E-state index in [1.807, 2.05) is 18.2 Å². The van der Waals surface area contributed by atoms with Crippen LogP contribution < -0.4 is 10.6 Å². The predicted octanol–water partition coefficient (Wildman–Crippen LogP) is 3.12. The van der Waals surface area contributed by atoms with E-state index < -0.39 is 0 Å². The number of rotatable bonds is 5. The molecule has 25 heavy (non-hydrogen) atoms. The summed E-state index contributed by atoms with van der Waals surface area (Å²) in [5.74, 6) is 1.33. The lowest BCUT2D eigenvalue weighted by molar-refractivity contribution is -0.125. The summed E-state index contributed by atoms with van der Waals surface area (Å²) < 4.78 is 2.27. The highest BCUT2D eigenvalue weighted by molar-refractivity contribution is 5.85. The molecular formula is C18H28Cl2N4O. The van der Waals surface area contributed by atoms with Gasteiger partial charge in [0.1, 0.15) is 5.82 Å². The molecule has 1 aromatic heterocycles. The minimum absolute atomic E-state index is 0. The van der Waals surface area contributed by atoms with E-state index in [0.29, 0.717) is 12.6 Å². The number of carbonyl (C=O) groups is 1. The molecule has 1 saturated heterocycles. The normalized spacial score (nSPS) is 17.0. The van der Waals surface area contributed by atoms with Crippen LogP contribution in [0, 0.1) is 5.92 Å². The Kier molecular flexibility index (Phi) is 8.69. The molecule has 0 aliphatic carbocycles. The van der Waals surface area contributed by atoms with Crippen molar-refractivity contribution in [2.24, 2.45) is 5.92 Å². The zero-order valence-electron chi connectivity index (χ0n) is 14.8. The van der Waals surface area contributed by atoms with Gasteiger partial charge in [0.05, 0.1) is 17.0 Å². The van der Waals surface area contributed by atoms with Crippen LogP contribution in [0.15, 0.2) is 24.3 Å². The Bertz CT molecular complexity index is 681. The van der Waals surface area contributed by atoms with E-state index in [-0.39, 0.29) is 36.6 Å². The highest BCUT2D eigenvalue weighted by Gasteiger charge is 2.20. The maximum atomic E-state index is 12.2. The summed E-state index contributed by atoms with van der Waals surface area (Å²) in [6.45, 7) is 6.82. The summed E-state index contributed by atoms with van der Waals surface area (Å²) in [6, 6.07) is 8.57. The van der Waals surface area contributed by atoms with Gasteiger partial charge in [0.2, 0.25) is 5.91 Å². The SMILES string of the molecule is CC(C)n1c(CCNC(=O)C2CCCNC2)nc2ccccc21.Cl.Cl. The van der Waals surface area contributed by atoms with E-state index >= 15 is 0 Å². The molecule has 7 heteroatoms. The first kappa shape index (κ1) is 21.7. The monoisotopic (exact) mass is 386 g/mol. The van der Waals surface area contributed by atoms with Crippen LogP contribution in [0.5, 0.6) is 0 Å². The Morgan fingerprint density at radius 3 is 2.80 bits per heavy atom. The molecule has 2 aromatic rings. The third kappa shape index (κ3) is 5.09. The van der Waals surface area contributed by atoms with Crippen molar-refractivity contribution in [2.75, 3.05) is 19.6 Å².